The minimum Gasteiger partial charge on any atom is -0.418 e. The van der Waals surface area contributed by atoms with Crippen LogP contribution in [-0.2, 0) is 0 Å². The first-order valence-electron chi connectivity index (χ1n) is 9.84. The first-order chi connectivity index (χ1) is 14.0. The van der Waals surface area contributed by atoms with Crippen molar-refractivity contribution in [1.82, 2.24) is 15.5 Å². The highest BCUT2D eigenvalue weighted by atomic mass is 16.4. The summed E-state index contributed by atoms with van der Waals surface area (Å²) in [6.07, 6.45) is 0.934. The van der Waals surface area contributed by atoms with E-state index in [2.05, 4.69) is 46.8 Å². The Morgan fingerprint density at radius 1 is 1.14 bits per heavy atom. The lowest BCUT2D eigenvalue weighted by atomic mass is 10.1. The third-order valence-electron chi connectivity index (χ3n) is 5.19. The lowest BCUT2D eigenvalue weighted by Gasteiger charge is -2.28. The minimum atomic E-state index is -0.173. The smallest absolute Gasteiger partial charge is 0.321 e. The van der Waals surface area contributed by atoms with E-state index < -0.39 is 0 Å². The van der Waals surface area contributed by atoms with E-state index in [1.807, 2.05) is 37.3 Å². The van der Waals surface area contributed by atoms with E-state index in [-0.39, 0.29) is 12.1 Å². The SMILES string of the molecule is Cc1ccc(-c2nnc([C@H](C)Nc3cccc(N4CCCNC4=O)c3)o2)cc1C. The maximum Gasteiger partial charge on any atom is 0.321 e. The molecule has 1 saturated heterocycles. The molecule has 1 aliphatic rings. The summed E-state index contributed by atoms with van der Waals surface area (Å²) in [5, 5.41) is 14.7. The van der Waals surface area contributed by atoms with Crippen LogP contribution in [0.4, 0.5) is 16.2 Å². The number of urea groups is 1. The Bertz CT molecular complexity index is 1030. The van der Waals surface area contributed by atoms with Gasteiger partial charge in [-0.3, -0.25) is 4.90 Å². The molecule has 1 aliphatic heterocycles. The molecule has 7 heteroatoms. The number of nitrogens with one attached hydrogen (secondary N) is 2. The fourth-order valence-corrected chi connectivity index (χ4v) is 3.35. The normalized spacial score (nSPS) is 15.1. The van der Waals surface area contributed by atoms with E-state index in [1.54, 1.807) is 4.90 Å². The Balaban J connectivity index is 1.49. The van der Waals surface area contributed by atoms with Gasteiger partial charge in [0.2, 0.25) is 11.8 Å². The van der Waals surface area contributed by atoms with Crippen molar-refractivity contribution in [3.8, 4) is 11.5 Å². The number of rotatable bonds is 5. The van der Waals surface area contributed by atoms with Gasteiger partial charge in [0.15, 0.2) is 0 Å². The van der Waals surface area contributed by atoms with E-state index in [4.69, 9.17) is 4.42 Å². The van der Waals surface area contributed by atoms with Gasteiger partial charge in [-0.25, -0.2) is 4.79 Å². The Morgan fingerprint density at radius 2 is 2.00 bits per heavy atom. The molecule has 2 amide bonds. The summed E-state index contributed by atoms with van der Waals surface area (Å²) in [5.41, 5.74) is 5.08. The molecule has 0 aliphatic carbocycles. The van der Waals surface area contributed by atoms with E-state index >= 15 is 0 Å². The number of anilines is 2. The molecule has 0 spiro atoms. The van der Waals surface area contributed by atoms with Crippen LogP contribution in [0, 0.1) is 13.8 Å². The maximum atomic E-state index is 12.1. The lowest BCUT2D eigenvalue weighted by molar-refractivity contribution is 0.243. The molecule has 3 aromatic rings. The van der Waals surface area contributed by atoms with Crippen molar-refractivity contribution in [3.05, 3.63) is 59.5 Å². The molecule has 1 fully saturated rings. The second kappa shape index (κ2) is 7.95. The van der Waals surface area contributed by atoms with Crippen LogP contribution in [0.25, 0.3) is 11.5 Å². The van der Waals surface area contributed by atoms with Crippen LogP contribution in [0.1, 0.15) is 36.4 Å². The Kier molecular flexibility index (Phi) is 5.20. The molecule has 1 aromatic heterocycles. The van der Waals surface area contributed by atoms with E-state index in [9.17, 15) is 4.79 Å². The van der Waals surface area contributed by atoms with Crippen molar-refractivity contribution < 1.29 is 9.21 Å². The van der Waals surface area contributed by atoms with Crippen molar-refractivity contribution in [3.63, 3.8) is 0 Å². The largest absolute Gasteiger partial charge is 0.418 e. The summed E-state index contributed by atoms with van der Waals surface area (Å²) in [6, 6.07) is 13.7. The average Bonchev–Trinajstić information content (AvgIpc) is 3.21. The van der Waals surface area contributed by atoms with Crippen molar-refractivity contribution in [2.75, 3.05) is 23.3 Å². The molecule has 0 bridgehead atoms. The van der Waals surface area contributed by atoms with E-state index in [1.165, 1.54) is 11.1 Å². The van der Waals surface area contributed by atoms with Gasteiger partial charge in [-0.2, -0.15) is 0 Å². The molecule has 0 radical (unpaired) electrons. The van der Waals surface area contributed by atoms with Gasteiger partial charge in [-0.05, 0) is 68.7 Å². The molecule has 2 aromatic carbocycles. The van der Waals surface area contributed by atoms with Gasteiger partial charge < -0.3 is 15.1 Å². The van der Waals surface area contributed by atoms with Crippen molar-refractivity contribution in [2.24, 2.45) is 0 Å². The van der Waals surface area contributed by atoms with E-state index in [0.29, 0.717) is 18.3 Å². The van der Waals surface area contributed by atoms with Crippen molar-refractivity contribution >= 4 is 17.4 Å². The molecule has 0 unspecified atom stereocenters. The fraction of sp³-hybridized carbons (Fsp3) is 0.318. The minimum absolute atomic E-state index is 0.0589. The summed E-state index contributed by atoms with van der Waals surface area (Å²) in [7, 11) is 0. The molecule has 7 nitrogen and oxygen atoms in total. The molecule has 2 heterocycles. The quantitative estimate of drug-likeness (QED) is 0.671. The van der Waals surface area contributed by atoms with Crippen molar-refractivity contribution in [2.45, 2.75) is 33.2 Å². The predicted molar refractivity (Wildman–Crippen MR) is 113 cm³/mol. The van der Waals surface area contributed by atoms with Gasteiger partial charge in [0.25, 0.3) is 0 Å². The predicted octanol–water partition coefficient (Wildman–Crippen LogP) is 4.45. The van der Waals surface area contributed by atoms with Gasteiger partial charge in [0.1, 0.15) is 6.04 Å². The summed E-state index contributed by atoms with van der Waals surface area (Å²) < 4.78 is 5.90. The first-order valence-corrected chi connectivity index (χ1v) is 9.84. The van der Waals surface area contributed by atoms with Crippen LogP contribution in [0.5, 0.6) is 0 Å². The van der Waals surface area contributed by atoms with Crippen LogP contribution in [0.2, 0.25) is 0 Å². The zero-order chi connectivity index (χ0) is 20.4. The summed E-state index contributed by atoms with van der Waals surface area (Å²) >= 11 is 0. The van der Waals surface area contributed by atoms with Gasteiger partial charge in [0, 0.05) is 30.0 Å². The Labute approximate surface area is 170 Å². The number of aryl methyl sites for hydroxylation is 2. The third kappa shape index (κ3) is 4.08. The summed E-state index contributed by atoms with van der Waals surface area (Å²) in [6.45, 7) is 7.55. The zero-order valence-electron chi connectivity index (χ0n) is 16.9. The maximum absolute atomic E-state index is 12.1. The topological polar surface area (TPSA) is 83.3 Å². The molecule has 150 valence electrons. The van der Waals surface area contributed by atoms with Crippen LogP contribution in [0.15, 0.2) is 46.9 Å². The van der Waals surface area contributed by atoms with Crippen LogP contribution in [-0.4, -0.2) is 29.3 Å². The Morgan fingerprint density at radius 3 is 2.79 bits per heavy atom. The molecule has 29 heavy (non-hydrogen) atoms. The highest BCUT2D eigenvalue weighted by molar-refractivity contribution is 5.93. The van der Waals surface area contributed by atoms with Crippen LogP contribution < -0.4 is 15.5 Å². The Hall–Kier alpha value is -3.35. The number of carbonyl (C=O) groups excluding carboxylic acids is 1. The second-order valence-corrected chi connectivity index (χ2v) is 7.40. The van der Waals surface area contributed by atoms with Gasteiger partial charge in [-0.15, -0.1) is 10.2 Å². The standard InChI is InChI=1S/C22H25N5O2/c1-14-8-9-17(12-15(14)2)21-26-25-20(29-21)16(3)24-18-6-4-7-19(13-18)27-11-5-10-23-22(27)28/h4,6-9,12-13,16,24H,5,10-11H2,1-3H3,(H,23,28)/t16-/m0/s1. The average molecular weight is 391 g/mol. The van der Waals surface area contributed by atoms with Crippen LogP contribution >= 0.6 is 0 Å². The van der Waals surface area contributed by atoms with Crippen LogP contribution in [0.3, 0.4) is 0 Å². The molecule has 1 atom stereocenters. The number of amides is 2. The number of hydrogen-bond donors (Lipinski definition) is 2. The number of hydrogen-bond acceptors (Lipinski definition) is 5. The molecular formula is C22H25N5O2. The third-order valence-corrected chi connectivity index (χ3v) is 5.19. The molecule has 4 rings (SSSR count). The molecular weight excluding hydrogens is 366 g/mol. The lowest BCUT2D eigenvalue weighted by Crippen LogP contribution is -2.46. The number of benzene rings is 2. The zero-order valence-corrected chi connectivity index (χ0v) is 16.9. The second-order valence-electron chi connectivity index (χ2n) is 7.40. The van der Waals surface area contributed by atoms with Gasteiger partial charge in [-0.1, -0.05) is 12.1 Å². The van der Waals surface area contributed by atoms with Crippen molar-refractivity contribution in [1.29, 1.82) is 0 Å². The van der Waals surface area contributed by atoms with E-state index in [0.717, 1.165) is 29.9 Å². The first kappa shape index (κ1) is 19.0. The number of carbonyl (C=O) groups is 1. The number of nitrogens with zero attached hydrogens (tertiary/aromatic N) is 3. The fourth-order valence-electron chi connectivity index (χ4n) is 3.35. The monoisotopic (exact) mass is 391 g/mol. The number of aromatic nitrogens is 2. The highest BCUT2D eigenvalue weighted by Gasteiger charge is 2.20. The van der Waals surface area contributed by atoms with Gasteiger partial charge >= 0.3 is 6.03 Å². The van der Waals surface area contributed by atoms with Gasteiger partial charge in [0.05, 0.1) is 0 Å². The molecule has 0 saturated carbocycles. The summed E-state index contributed by atoms with van der Waals surface area (Å²) in [5.74, 6) is 1.02. The molecule has 2 N–H and O–H groups in total. The highest BCUT2D eigenvalue weighted by Crippen LogP contribution is 2.27. The summed E-state index contributed by atoms with van der Waals surface area (Å²) in [4.78, 5) is 13.8.